The minimum atomic E-state index is -0.839. The van der Waals surface area contributed by atoms with Crippen molar-refractivity contribution in [2.45, 2.75) is 19.9 Å². The van der Waals surface area contributed by atoms with E-state index in [1.165, 1.54) is 0 Å². The summed E-state index contributed by atoms with van der Waals surface area (Å²) in [5.74, 6) is -0.839. The first-order valence-corrected chi connectivity index (χ1v) is 4.89. The highest BCUT2D eigenvalue weighted by molar-refractivity contribution is 5.78. The molecule has 0 aromatic carbocycles. The summed E-state index contributed by atoms with van der Waals surface area (Å²) in [5.41, 5.74) is 0.771. The van der Waals surface area contributed by atoms with Crippen molar-refractivity contribution in [1.82, 2.24) is 4.90 Å². The molecule has 0 heterocycles. The third-order valence-corrected chi connectivity index (χ3v) is 1.91. The first kappa shape index (κ1) is 13.7. The topological polar surface area (TPSA) is 40.5 Å². The second kappa shape index (κ2) is 7.01. The highest BCUT2D eigenvalue weighted by Crippen LogP contribution is 2.10. The molecule has 0 aliphatic rings. The Bertz CT molecular complexity index is 288. The van der Waals surface area contributed by atoms with Gasteiger partial charge in [0.25, 0.3) is 0 Å². The predicted octanol–water partition coefficient (Wildman–Crippen LogP) is 2.08. The van der Waals surface area contributed by atoms with Crippen molar-refractivity contribution in [1.29, 1.82) is 0 Å². The number of hydrogen-bond donors (Lipinski definition) is 1. The molecule has 1 N–H and O–H groups in total. The largest absolute Gasteiger partial charge is 0.480 e. The van der Waals surface area contributed by atoms with Crippen molar-refractivity contribution in [3.63, 3.8) is 0 Å². The second-order valence-corrected chi connectivity index (χ2v) is 3.40. The maximum atomic E-state index is 11.1. The fraction of sp³-hybridized carbons (Fsp3) is 0.417. The number of carbonyl (C=O) groups is 1. The van der Waals surface area contributed by atoms with Crippen LogP contribution in [0.25, 0.3) is 0 Å². The van der Waals surface area contributed by atoms with Crippen LogP contribution in [0.4, 0.5) is 0 Å². The van der Waals surface area contributed by atoms with E-state index in [4.69, 9.17) is 5.11 Å². The summed E-state index contributed by atoms with van der Waals surface area (Å²) in [6.45, 7) is 3.77. The lowest BCUT2D eigenvalue weighted by atomic mass is 10.1. The number of likely N-dealkylation sites (N-methyl/N-ethyl adjacent to an activating group) is 1. The Balaban J connectivity index is 5.09. The number of allylic oxidation sites excluding steroid dienone is 4. The average Bonchev–Trinajstić information content (AvgIpc) is 2.13. The van der Waals surface area contributed by atoms with Gasteiger partial charge in [0.2, 0.25) is 0 Å². The summed E-state index contributed by atoms with van der Waals surface area (Å²) in [7, 11) is 3.51. The Morgan fingerprint density at radius 3 is 2.20 bits per heavy atom. The molecule has 0 rings (SSSR count). The van der Waals surface area contributed by atoms with Crippen molar-refractivity contribution < 1.29 is 9.90 Å². The van der Waals surface area contributed by atoms with Gasteiger partial charge in [-0.15, -0.1) is 0 Å². The molecule has 0 aliphatic heterocycles. The molecule has 0 aliphatic carbocycles. The van der Waals surface area contributed by atoms with Crippen LogP contribution in [0.2, 0.25) is 0 Å². The van der Waals surface area contributed by atoms with E-state index in [0.717, 1.165) is 5.57 Å². The molecule has 0 radical (unpaired) electrons. The van der Waals surface area contributed by atoms with E-state index in [1.807, 2.05) is 44.2 Å². The van der Waals surface area contributed by atoms with Crippen LogP contribution in [0.1, 0.15) is 13.8 Å². The number of rotatable bonds is 5. The highest BCUT2D eigenvalue weighted by Gasteiger charge is 2.22. The predicted molar refractivity (Wildman–Crippen MR) is 62.8 cm³/mol. The van der Waals surface area contributed by atoms with E-state index in [0.29, 0.717) is 0 Å². The van der Waals surface area contributed by atoms with Crippen LogP contribution in [-0.4, -0.2) is 36.1 Å². The van der Waals surface area contributed by atoms with Crippen LogP contribution in [0.15, 0.2) is 36.0 Å². The molecule has 3 nitrogen and oxygen atoms in total. The Kier molecular flexibility index (Phi) is 6.38. The quantitative estimate of drug-likeness (QED) is 0.705. The van der Waals surface area contributed by atoms with Gasteiger partial charge in [0.15, 0.2) is 0 Å². The smallest absolute Gasteiger partial charge is 0.325 e. The van der Waals surface area contributed by atoms with Crippen LogP contribution in [0.3, 0.4) is 0 Å². The molecule has 3 heteroatoms. The molecule has 0 spiro atoms. The van der Waals surface area contributed by atoms with Crippen molar-refractivity contribution in [3.05, 3.63) is 36.0 Å². The van der Waals surface area contributed by atoms with Gasteiger partial charge in [-0.3, -0.25) is 9.69 Å². The normalized spacial score (nSPS) is 15.4. The van der Waals surface area contributed by atoms with Crippen LogP contribution in [-0.2, 0) is 4.79 Å². The first-order valence-electron chi connectivity index (χ1n) is 4.89. The summed E-state index contributed by atoms with van der Waals surface area (Å²) in [6.07, 6.45) is 9.19. The lowest BCUT2D eigenvalue weighted by Crippen LogP contribution is -2.36. The number of carboxylic acids is 1. The Morgan fingerprint density at radius 1 is 1.27 bits per heavy atom. The first-order chi connectivity index (χ1) is 7.04. The molecule has 0 aromatic rings. The van der Waals surface area contributed by atoms with E-state index >= 15 is 0 Å². The molecule has 15 heavy (non-hydrogen) atoms. The summed E-state index contributed by atoms with van der Waals surface area (Å²) < 4.78 is 0. The molecule has 0 amide bonds. The van der Waals surface area contributed by atoms with Gasteiger partial charge < -0.3 is 5.11 Å². The van der Waals surface area contributed by atoms with Gasteiger partial charge in [0, 0.05) is 0 Å². The fourth-order valence-corrected chi connectivity index (χ4v) is 1.30. The number of nitrogens with zero attached hydrogens (tertiary/aromatic N) is 1. The zero-order chi connectivity index (χ0) is 11.8. The lowest BCUT2D eigenvalue weighted by molar-refractivity contribution is -0.140. The van der Waals surface area contributed by atoms with Gasteiger partial charge in [-0.25, -0.2) is 0 Å². The second-order valence-electron chi connectivity index (χ2n) is 3.40. The Hall–Kier alpha value is -1.35. The van der Waals surface area contributed by atoms with E-state index in [2.05, 4.69) is 0 Å². The molecule has 0 saturated heterocycles. The van der Waals surface area contributed by atoms with E-state index in [1.54, 1.807) is 19.0 Å². The van der Waals surface area contributed by atoms with Gasteiger partial charge in [0.05, 0.1) is 0 Å². The van der Waals surface area contributed by atoms with Crippen molar-refractivity contribution in [2.24, 2.45) is 0 Å². The highest BCUT2D eigenvalue weighted by atomic mass is 16.4. The molecular weight excluding hydrogens is 190 g/mol. The summed E-state index contributed by atoms with van der Waals surface area (Å²) in [6, 6.07) is -0.600. The molecule has 1 atom stereocenters. The minimum Gasteiger partial charge on any atom is -0.480 e. The average molecular weight is 209 g/mol. The van der Waals surface area contributed by atoms with Crippen molar-refractivity contribution in [3.8, 4) is 0 Å². The zero-order valence-electron chi connectivity index (χ0n) is 9.77. The SMILES string of the molecule is CC=CC=C(C=CC)C(C(=O)O)N(C)C. The lowest BCUT2D eigenvalue weighted by Gasteiger charge is -2.20. The summed E-state index contributed by atoms with van der Waals surface area (Å²) >= 11 is 0. The molecule has 0 fully saturated rings. The third-order valence-electron chi connectivity index (χ3n) is 1.91. The Labute approximate surface area is 91.4 Å². The number of hydrogen-bond acceptors (Lipinski definition) is 2. The molecular formula is C12H19NO2. The maximum absolute atomic E-state index is 11.1. The molecule has 0 saturated carbocycles. The fourth-order valence-electron chi connectivity index (χ4n) is 1.30. The van der Waals surface area contributed by atoms with Gasteiger partial charge in [-0.1, -0.05) is 30.4 Å². The Morgan fingerprint density at radius 2 is 1.87 bits per heavy atom. The van der Waals surface area contributed by atoms with Crippen molar-refractivity contribution in [2.75, 3.05) is 14.1 Å². The third kappa shape index (κ3) is 4.61. The molecule has 1 unspecified atom stereocenters. The van der Waals surface area contributed by atoms with Gasteiger partial charge in [-0.2, -0.15) is 0 Å². The van der Waals surface area contributed by atoms with Gasteiger partial charge in [-0.05, 0) is 33.5 Å². The minimum absolute atomic E-state index is 0.600. The van der Waals surface area contributed by atoms with Crippen LogP contribution >= 0.6 is 0 Å². The van der Waals surface area contributed by atoms with E-state index < -0.39 is 12.0 Å². The molecule has 84 valence electrons. The molecule has 0 aromatic heterocycles. The number of carboxylic acid groups (broad SMARTS) is 1. The van der Waals surface area contributed by atoms with E-state index in [-0.39, 0.29) is 0 Å². The monoisotopic (exact) mass is 209 g/mol. The van der Waals surface area contributed by atoms with Crippen LogP contribution in [0.5, 0.6) is 0 Å². The maximum Gasteiger partial charge on any atom is 0.325 e. The van der Waals surface area contributed by atoms with Crippen molar-refractivity contribution >= 4 is 5.97 Å². The van der Waals surface area contributed by atoms with Gasteiger partial charge in [0.1, 0.15) is 6.04 Å². The summed E-state index contributed by atoms with van der Waals surface area (Å²) in [4.78, 5) is 12.8. The van der Waals surface area contributed by atoms with E-state index in [9.17, 15) is 4.79 Å². The zero-order valence-corrected chi connectivity index (χ0v) is 9.77. The van der Waals surface area contributed by atoms with Crippen LogP contribution < -0.4 is 0 Å². The standard InChI is InChI=1S/C12H19NO2/c1-5-7-9-10(8-6-2)11(12(14)15)13(3)4/h5-9,11H,1-4H3,(H,14,15). The molecule has 0 bridgehead atoms. The van der Waals surface area contributed by atoms with Gasteiger partial charge >= 0.3 is 5.97 Å². The van der Waals surface area contributed by atoms with Crippen LogP contribution in [0, 0.1) is 0 Å². The summed E-state index contributed by atoms with van der Waals surface area (Å²) in [5, 5.41) is 9.10. The number of aliphatic carboxylic acids is 1.